The summed E-state index contributed by atoms with van der Waals surface area (Å²) in [6, 6.07) is 95.4. The maximum Gasteiger partial charge on any atom is 0.0713 e. The minimum atomic E-state index is -0.524. The number of para-hydroxylation sites is 4. The van der Waals surface area contributed by atoms with Crippen LogP contribution in [0.25, 0.3) is 11.1 Å². The summed E-state index contributed by atoms with van der Waals surface area (Å²) in [6.07, 6.45) is 0. The van der Waals surface area contributed by atoms with Gasteiger partial charge in [-0.3, -0.25) is 0 Å². The van der Waals surface area contributed by atoms with Crippen molar-refractivity contribution in [3.63, 3.8) is 0 Å². The predicted octanol–water partition coefficient (Wildman–Crippen LogP) is 17.1. The highest BCUT2D eigenvalue weighted by Crippen LogP contribution is 2.59. The Bertz CT molecular complexity index is 3240. The normalized spacial score (nSPS) is 13.7. The van der Waals surface area contributed by atoms with Crippen LogP contribution in [0.1, 0.15) is 47.2 Å². The van der Waals surface area contributed by atoms with E-state index in [9.17, 15) is 0 Å². The molecule has 0 bridgehead atoms. The third-order valence-corrected chi connectivity index (χ3v) is 14.1. The van der Waals surface area contributed by atoms with Crippen molar-refractivity contribution < 1.29 is 0 Å². The van der Waals surface area contributed by atoms with E-state index < -0.39 is 10.8 Å². The molecule has 0 saturated heterocycles. The molecule has 0 atom stereocenters. The Kier molecular flexibility index (Phi) is 9.73. The Labute approximate surface area is 394 Å². The largest absolute Gasteiger partial charge is 0.311 e. The van der Waals surface area contributed by atoms with E-state index in [-0.39, 0.29) is 0 Å². The fourth-order valence-corrected chi connectivity index (χ4v) is 11.0. The van der Waals surface area contributed by atoms with Crippen LogP contribution < -0.4 is 14.7 Å². The molecule has 3 heteroatoms. The fraction of sp³-hybridized carbons (Fsp3) is 0.0625. The molecule has 67 heavy (non-hydrogen) atoms. The number of anilines is 9. The van der Waals surface area contributed by atoms with Crippen molar-refractivity contribution in [3.05, 3.63) is 294 Å². The van der Waals surface area contributed by atoms with Gasteiger partial charge >= 0.3 is 0 Å². The lowest BCUT2D eigenvalue weighted by Gasteiger charge is -2.44. The Hall–Kier alpha value is -8.40. The van der Waals surface area contributed by atoms with Gasteiger partial charge in [-0.2, -0.15) is 0 Å². The average Bonchev–Trinajstić information content (AvgIpc) is 3.70. The molecule has 1 aliphatic carbocycles. The lowest BCUT2D eigenvalue weighted by Crippen LogP contribution is -2.33. The van der Waals surface area contributed by atoms with E-state index in [1.165, 1.54) is 55.9 Å². The summed E-state index contributed by atoms with van der Waals surface area (Å²) in [6.45, 7) is 4.83. The van der Waals surface area contributed by atoms with E-state index in [0.717, 1.165) is 39.8 Å². The molecule has 1 heterocycles. The topological polar surface area (TPSA) is 9.72 Å². The first kappa shape index (κ1) is 40.1. The first-order valence-electron chi connectivity index (χ1n) is 23.3. The van der Waals surface area contributed by atoms with Crippen LogP contribution in [0.3, 0.4) is 0 Å². The zero-order chi connectivity index (χ0) is 45.0. The Morgan fingerprint density at radius 2 is 0.672 bits per heavy atom. The number of hydrogen-bond donors (Lipinski definition) is 0. The van der Waals surface area contributed by atoms with Gasteiger partial charge in [-0.25, -0.2) is 0 Å². The molecule has 0 radical (unpaired) electrons. The van der Waals surface area contributed by atoms with Gasteiger partial charge < -0.3 is 14.7 Å². The molecule has 320 valence electrons. The molecule has 0 amide bonds. The van der Waals surface area contributed by atoms with Crippen LogP contribution in [0.5, 0.6) is 0 Å². The molecule has 12 rings (SSSR count). The summed E-state index contributed by atoms with van der Waals surface area (Å²) in [5, 5.41) is 0. The first-order chi connectivity index (χ1) is 33.0. The quantitative estimate of drug-likeness (QED) is 0.143. The van der Waals surface area contributed by atoms with Crippen LogP contribution in [-0.4, -0.2) is 0 Å². The highest BCUT2D eigenvalue weighted by molar-refractivity contribution is 5.91. The van der Waals surface area contributed by atoms with Crippen LogP contribution >= 0.6 is 0 Å². The van der Waals surface area contributed by atoms with Gasteiger partial charge in [0.15, 0.2) is 0 Å². The number of rotatable bonds is 9. The Morgan fingerprint density at radius 1 is 0.299 bits per heavy atom. The highest BCUT2D eigenvalue weighted by atomic mass is 15.2. The maximum atomic E-state index is 2.54. The van der Waals surface area contributed by atoms with E-state index in [2.05, 4.69) is 289 Å². The number of nitrogens with zero attached hydrogens (tertiary/aromatic N) is 3. The van der Waals surface area contributed by atoms with Crippen molar-refractivity contribution in [1.82, 2.24) is 0 Å². The van der Waals surface area contributed by atoms with Crippen molar-refractivity contribution in [2.75, 3.05) is 14.7 Å². The molecule has 3 nitrogen and oxygen atoms in total. The summed E-state index contributed by atoms with van der Waals surface area (Å²) in [5.74, 6) is 0. The first-order valence-corrected chi connectivity index (χ1v) is 23.3. The highest BCUT2D eigenvalue weighted by Gasteiger charge is 2.47. The van der Waals surface area contributed by atoms with E-state index >= 15 is 0 Å². The van der Waals surface area contributed by atoms with Gasteiger partial charge in [0.25, 0.3) is 0 Å². The van der Waals surface area contributed by atoms with Gasteiger partial charge in [-0.15, -0.1) is 0 Å². The molecule has 10 aromatic carbocycles. The van der Waals surface area contributed by atoms with Crippen LogP contribution in [0, 0.1) is 0 Å². The smallest absolute Gasteiger partial charge is 0.0713 e. The molecule has 1 aliphatic heterocycles. The molecule has 0 fully saturated rings. The predicted molar refractivity (Wildman–Crippen MR) is 280 cm³/mol. The molecular formula is C64H49N3. The minimum absolute atomic E-state index is 0.404. The fourth-order valence-electron chi connectivity index (χ4n) is 11.0. The monoisotopic (exact) mass is 859 g/mol. The van der Waals surface area contributed by atoms with Crippen LogP contribution in [0.4, 0.5) is 51.2 Å². The van der Waals surface area contributed by atoms with Gasteiger partial charge in [-0.1, -0.05) is 178 Å². The Balaban J connectivity index is 1.08. The standard InChI is InChI=1S/C64H49N3/c1-63(2)59-44-47(64(46-22-8-3-9-23-46)57-34-20-18-32-55(57)56-33-19-21-35-58(56)64)36-42-61(59)67(53-39-37-52(38-40-53)65(48-24-10-4-11-25-48)49-26-12-5-13-27-49)62-43-41-54(45-60(62)63)66(50-28-14-6-15-29-50)51-30-16-7-17-31-51/h3-45H,1-2H3. The molecule has 0 aromatic heterocycles. The van der Waals surface area contributed by atoms with Gasteiger partial charge in [0.2, 0.25) is 0 Å². The lowest BCUT2D eigenvalue weighted by atomic mass is 9.65. The zero-order valence-corrected chi connectivity index (χ0v) is 37.7. The van der Waals surface area contributed by atoms with Gasteiger partial charge in [0.1, 0.15) is 0 Å². The summed E-state index contributed by atoms with van der Waals surface area (Å²) in [5.41, 5.74) is 19.4. The van der Waals surface area contributed by atoms with Crippen LogP contribution in [-0.2, 0) is 10.8 Å². The zero-order valence-electron chi connectivity index (χ0n) is 37.7. The summed E-state index contributed by atoms with van der Waals surface area (Å²) < 4.78 is 0. The van der Waals surface area contributed by atoms with E-state index in [0.29, 0.717) is 0 Å². The number of fused-ring (bicyclic) bond motifs is 5. The second-order valence-corrected chi connectivity index (χ2v) is 18.1. The Morgan fingerprint density at radius 3 is 1.16 bits per heavy atom. The van der Waals surface area contributed by atoms with Gasteiger partial charge in [-0.05, 0) is 142 Å². The van der Waals surface area contributed by atoms with Crippen molar-refractivity contribution in [2.45, 2.75) is 24.7 Å². The molecule has 10 aromatic rings. The second kappa shape index (κ2) is 16.2. The van der Waals surface area contributed by atoms with Crippen LogP contribution in [0.15, 0.2) is 261 Å². The van der Waals surface area contributed by atoms with Crippen molar-refractivity contribution in [2.24, 2.45) is 0 Å². The average molecular weight is 860 g/mol. The second-order valence-electron chi connectivity index (χ2n) is 18.1. The van der Waals surface area contributed by atoms with Crippen molar-refractivity contribution in [1.29, 1.82) is 0 Å². The summed E-state index contributed by atoms with van der Waals surface area (Å²) in [4.78, 5) is 7.19. The van der Waals surface area contributed by atoms with Crippen molar-refractivity contribution >= 4 is 51.2 Å². The van der Waals surface area contributed by atoms with Crippen molar-refractivity contribution in [3.8, 4) is 11.1 Å². The van der Waals surface area contributed by atoms with E-state index in [4.69, 9.17) is 0 Å². The summed E-state index contributed by atoms with van der Waals surface area (Å²) in [7, 11) is 0. The number of benzene rings is 10. The molecule has 2 aliphatic rings. The lowest BCUT2D eigenvalue weighted by molar-refractivity contribution is 0.627. The van der Waals surface area contributed by atoms with E-state index in [1.807, 2.05) is 0 Å². The summed E-state index contributed by atoms with van der Waals surface area (Å²) >= 11 is 0. The SMILES string of the molecule is CC1(C)c2cc(N(c3ccccc3)c3ccccc3)ccc2N(c2ccc(N(c3ccccc3)c3ccccc3)cc2)c2ccc(C3(c4ccccc4)c4ccccc4-c4ccccc43)cc21. The third kappa shape index (κ3) is 6.49. The molecule has 0 unspecified atom stereocenters. The van der Waals surface area contributed by atoms with E-state index in [1.54, 1.807) is 0 Å². The van der Waals surface area contributed by atoms with Gasteiger partial charge in [0, 0.05) is 45.2 Å². The maximum absolute atomic E-state index is 2.54. The van der Waals surface area contributed by atoms with Crippen LogP contribution in [0.2, 0.25) is 0 Å². The third-order valence-electron chi connectivity index (χ3n) is 14.1. The molecular weight excluding hydrogens is 811 g/mol. The van der Waals surface area contributed by atoms with Gasteiger partial charge in [0.05, 0.1) is 16.8 Å². The minimum Gasteiger partial charge on any atom is -0.311 e. The molecule has 0 saturated carbocycles. The number of hydrogen-bond acceptors (Lipinski definition) is 3. The molecule has 0 N–H and O–H groups in total. The molecule has 0 spiro atoms.